The normalized spacial score (nSPS) is 12.2. The van der Waals surface area contributed by atoms with Gasteiger partial charge in [-0.25, -0.2) is 4.39 Å². The maximum atomic E-state index is 13.5. The molecule has 5 heteroatoms. The van der Waals surface area contributed by atoms with E-state index in [1.54, 1.807) is 23.8 Å². The van der Waals surface area contributed by atoms with E-state index in [0.717, 1.165) is 16.8 Å². The number of nitrogens with one attached hydrogen (secondary N) is 1. The van der Waals surface area contributed by atoms with Crippen LogP contribution in [0.25, 0.3) is 10.9 Å². The van der Waals surface area contributed by atoms with Gasteiger partial charge in [0.15, 0.2) is 6.29 Å². The monoisotopic (exact) mass is 338 g/mol. The number of amides is 1. The summed E-state index contributed by atoms with van der Waals surface area (Å²) < 4.78 is 15.2. The number of hydrogen-bond acceptors (Lipinski definition) is 2. The lowest BCUT2D eigenvalue weighted by atomic mass is 10.1. The highest BCUT2D eigenvalue weighted by atomic mass is 19.1. The SMILES string of the molecule is Cc1cccc(NC(=O)C(C)n2cc(C=O)c3cc(F)ccc32)c1C. The Kier molecular flexibility index (Phi) is 4.40. The molecule has 0 aliphatic carbocycles. The fourth-order valence-corrected chi connectivity index (χ4v) is 2.92. The van der Waals surface area contributed by atoms with Gasteiger partial charge in [-0.05, 0) is 56.2 Å². The molecule has 0 saturated carbocycles. The Morgan fingerprint density at radius 2 is 2.00 bits per heavy atom. The average molecular weight is 338 g/mol. The predicted molar refractivity (Wildman–Crippen MR) is 96.5 cm³/mol. The summed E-state index contributed by atoms with van der Waals surface area (Å²) in [5, 5.41) is 3.43. The van der Waals surface area contributed by atoms with Crippen LogP contribution < -0.4 is 5.32 Å². The van der Waals surface area contributed by atoms with Crippen LogP contribution in [0, 0.1) is 19.7 Å². The Morgan fingerprint density at radius 1 is 1.24 bits per heavy atom. The fourth-order valence-electron chi connectivity index (χ4n) is 2.92. The molecule has 1 amide bonds. The molecule has 0 aliphatic rings. The quantitative estimate of drug-likeness (QED) is 0.717. The van der Waals surface area contributed by atoms with Crippen LogP contribution >= 0.6 is 0 Å². The van der Waals surface area contributed by atoms with E-state index in [1.807, 2.05) is 32.0 Å². The van der Waals surface area contributed by atoms with Crippen LogP contribution in [0.5, 0.6) is 0 Å². The Bertz CT molecular complexity index is 975. The van der Waals surface area contributed by atoms with E-state index in [9.17, 15) is 14.0 Å². The molecule has 0 aliphatic heterocycles. The van der Waals surface area contributed by atoms with Crippen LogP contribution in [-0.4, -0.2) is 16.8 Å². The number of aryl methyl sites for hydroxylation is 1. The number of aldehydes is 1. The van der Waals surface area contributed by atoms with E-state index in [-0.39, 0.29) is 5.91 Å². The van der Waals surface area contributed by atoms with Crippen molar-refractivity contribution < 1.29 is 14.0 Å². The molecule has 0 spiro atoms. The van der Waals surface area contributed by atoms with Crippen molar-refractivity contribution in [2.75, 3.05) is 5.32 Å². The molecule has 1 heterocycles. The summed E-state index contributed by atoms with van der Waals surface area (Å²) in [4.78, 5) is 24.0. The zero-order chi connectivity index (χ0) is 18.1. The molecule has 1 N–H and O–H groups in total. The van der Waals surface area contributed by atoms with Gasteiger partial charge >= 0.3 is 0 Å². The van der Waals surface area contributed by atoms with Crippen LogP contribution in [0.3, 0.4) is 0 Å². The molecule has 3 aromatic rings. The summed E-state index contributed by atoms with van der Waals surface area (Å²) in [7, 11) is 0. The molecule has 128 valence electrons. The standard InChI is InChI=1S/C20H19FN2O2/c1-12-5-4-6-18(13(12)2)22-20(25)14(3)23-10-15(11-24)17-9-16(21)7-8-19(17)23/h4-11,14H,1-3H3,(H,22,25). The molecular weight excluding hydrogens is 319 g/mol. The van der Waals surface area contributed by atoms with Crippen LogP contribution in [0.4, 0.5) is 10.1 Å². The van der Waals surface area contributed by atoms with Gasteiger partial charge in [0, 0.05) is 28.4 Å². The smallest absolute Gasteiger partial charge is 0.247 e. The molecule has 0 bridgehead atoms. The molecule has 4 nitrogen and oxygen atoms in total. The number of carbonyl (C=O) groups is 2. The molecule has 2 aromatic carbocycles. The highest BCUT2D eigenvalue weighted by Gasteiger charge is 2.20. The largest absolute Gasteiger partial charge is 0.335 e. The molecule has 0 fully saturated rings. The zero-order valence-electron chi connectivity index (χ0n) is 14.3. The maximum absolute atomic E-state index is 13.5. The van der Waals surface area contributed by atoms with Gasteiger partial charge in [-0.2, -0.15) is 0 Å². The third-order valence-corrected chi connectivity index (χ3v) is 4.61. The van der Waals surface area contributed by atoms with Crippen LogP contribution in [0.1, 0.15) is 34.5 Å². The minimum atomic E-state index is -0.554. The average Bonchev–Trinajstić information content (AvgIpc) is 2.96. The third kappa shape index (κ3) is 3.05. The van der Waals surface area contributed by atoms with E-state index < -0.39 is 11.9 Å². The molecule has 0 saturated heterocycles. The van der Waals surface area contributed by atoms with Crippen molar-refractivity contribution in [3.05, 3.63) is 65.1 Å². The number of aromatic nitrogens is 1. The molecule has 3 rings (SSSR count). The highest BCUT2D eigenvalue weighted by Crippen LogP contribution is 2.26. The Morgan fingerprint density at radius 3 is 2.72 bits per heavy atom. The summed E-state index contributed by atoms with van der Waals surface area (Å²) in [5.41, 5.74) is 3.87. The number of rotatable bonds is 4. The van der Waals surface area contributed by atoms with Gasteiger partial charge < -0.3 is 9.88 Å². The summed E-state index contributed by atoms with van der Waals surface area (Å²) in [5.74, 6) is -0.617. The molecule has 25 heavy (non-hydrogen) atoms. The first kappa shape index (κ1) is 16.9. The van der Waals surface area contributed by atoms with Crippen LogP contribution in [0.15, 0.2) is 42.6 Å². The minimum absolute atomic E-state index is 0.202. The topological polar surface area (TPSA) is 51.1 Å². The van der Waals surface area contributed by atoms with Gasteiger partial charge in [0.1, 0.15) is 11.9 Å². The third-order valence-electron chi connectivity index (χ3n) is 4.61. The van der Waals surface area contributed by atoms with Gasteiger partial charge in [0.2, 0.25) is 5.91 Å². The van der Waals surface area contributed by atoms with E-state index >= 15 is 0 Å². The van der Waals surface area contributed by atoms with Crippen molar-refractivity contribution in [3.8, 4) is 0 Å². The lowest BCUT2D eigenvalue weighted by molar-refractivity contribution is -0.118. The first-order chi connectivity index (χ1) is 11.9. The maximum Gasteiger partial charge on any atom is 0.247 e. The summed E-state index contributed by atoms with van der Waals surface area (Å²) in [6.45, 7) is 5.69. The number of benzene rings is 2. The number of halogens is 1. The van der Waals surface area contributed by atoms with E-state index in [0.29, 0.717) is 22.8 Å². The second kappa shape index (κ2) is 6.51. The minimum Gasteiger partial charge on any atom is -0.335 e. The number of fused-ring (bicyclic) bond motifs is 1. The van der Waals surface area contributed by atoms with Crippen molar-refractivity contribution >= 4 is 28.8 Å². The Hall–Kier alpha value is -2.95. The molecule has 1 unspecified atom stereocenters. The number of anilines is 1. The lowest BCUT2D eigenvalue weighted by Crippen LogP contribution is -2.23. The first-order valence-electron chi connectivity index (χ1n) is 8.04. The van der Waals surface area contributed by atoms with Gasteiger partial charge in [-0.1, -0.05) is 12.1 Å². The van der Waals surface area contributed by atoms with Crippen molar-refractivity contribution in [1.82, 2.24) is 4.57 Å². The van der Waals surface area contributed by atoms with Gasteiger partial charge in [-0.3, -0.25) is 9.59 Å². The molecule has 1 aromatic heterocycles. The fraction of sp³-hybridized carbons (Fsp3) is 0.200. The van der Waals surface area contributed by atoms with E-state index in [4.69, 9.17) is 0 Å². The van der Waals surface area contributed by atoms with Crippen LogP contribution in [0.2, 0.25) is 0 Å². The number of carbonyl (C=O) groups excluding carboxylic acids is 2. The zero-order valence-corrected chi connectivity index (χ0v) is 14.3. The Balaban J connectivity index is 1.96. The predicted octanol–water partition coefficient (Wildman–Crippen LogP) is 4.41. The number of hydrogen-bond donors (Lipinski definition) is 1. The highest BCUT2D eigenvalue weighted by molar-refractivity contribution is 6.00. The molecular formula is C20H19FN2O2. The molecule has 1 atom stereocenters. The summed E-state index contributed by atoms with van der Waals surface area (Å²) in [6, 6.07) is 9.39. The summed E-state index contributed by atoms with van der Waals surface area (Å²) in [6.07, 6.45) is 2.26. The van der Waals surface area contributed by atoms with Gasteiger partial charge in [0.05, 0.1) is 0 Å². The second-order valence-electron chi connectivity index (χ2n) is 6.18. The van der Waals surface area contributed by atoms with Crippen molar-refractivity contribution in [2.45, 2.75) is 26.8 Å². The van der Waals surface area contributed by atoms with E-state index in [1.165, 1.54) is 12.1 Å². The summed E-state index contributed by atoms with van der Waals surface area (Å²) >= 11 is 0. The first-order valence-corrected chi connectivity index (χ1v) is 8.04. The lowest BCUT2D eigenvalue weighted by Gasteiger charge is -2.17. The Labute approximate surface area is 145 Å². The van der Waals surface area contributed by atoms with Crippen molar-refractivity contribution in [3.63, 3.8) is 0 Å². The van der Waals surface area contributed by atoms with Crippen molar-refractivity contribution in [1.29, 1.82) is 0 Å². The van der Waals surface area contributed by atoms with Gasteiger partial charge in [-0.15, -0.1) is 0 Å². The second-order valence-corrected chi connectivity index (χ2v) is 6.18. The number of nitrogens with zero attached hydrogens (tertiary/aromatic N) is 1. The molecule has 0 radical (unpaired) electrons. The van der Waals surface area contributed by atoms with Crippen molar-refractivity contribution in [2.24, 2.45) is 0 Å². The van der Waals surface area contributed by atoms with Gasteiger partial charge in [0.25, 0.3) is 0 Å². The van der Waals surface area contributed by atoms with E-state index in [2.05, 4.69) is 5.32 Å². The van der Waals surface area contributed by atoms with Crippen LogP contribution in [-0.2, 0) is 4.79 Å².